The third-order valence-corrected chi connectivity index (χ3v) is 3.48. The molecule has 0 aliphatic heterocycles. The molecule has 0 radical (unpaired) electrons. The first kappa shape index (κ1) is 14.9. The number of carbonyl (C=O) groups is 1. The van der Waals surface area contributed by atoms with Crippen LogP contribution in [0.4, 0.5) is 4.39 Å². The van der Waals surface area contributed by atoms with Crippen LogP contribution in [0.25, 0.3) is 11.1 Å². The van der Waals surface area contributed by atoms with Crippen LogP contribution in [0.15, 0.2) is 24.3 Å². The summed E-state index contributed by atoms with van der Waals surface area (Å²) in [5.41, 5.74) is 2.44. The lowest BCUT2D eigenvalue weighted by molar-refractivity contribution is -0.107. The number of halogens is 3. The second-order valence-electron chi connectivity index (χ2n) is 4.45. The van der Waals surface area contributed by atoms with Gasteiger partial charge < -0.3 is 4.79 Å². The third-order valence-electron chi connectivity index (χ3n) is 2.97. The summed E-state index contributed by atoms with van der Waals surface area (Å²) in [7, 11) is 0. The van der Waals surface area contributed by atoms with Gasteiger partial charge in [0.2, 0.25) is 0 Å². The van der Waals surface area contributed by atoms with Crippen molar-refractivity contribution < 1.29 is 9.18 Å². The molecule has 0 bridgehead atoms. The predicted octanol–water partition coefficient (Wildman–Crippen LogP) is 4.63. The van der Waals surface area contributed by atoms with E-state index in [-0.39, 0.29) is 16.1 Å². The minimum Gasteiger partial charge on any atom is -0.303 e. The highest BCUT2D eigenvalue weighted by Crippen LogP contribution is 2.33. The van der Waals surface area contributed by atoms with Gasteiger partial charge in [0.1, 0.15) is 22.4 Å². The molecule has 2 aromatic rings. The van der Waals surface area contributed by atoms with Crippen LogP contribution in [-0.2, 0) is 11.2 Å². The molecule has 0 amide bonds. The number of aromatic nitrogens is 1. The van der Waals surface area contributed by atoms with Gasteiger partial charge in [-0.05, 0) is 42.2 Å². The Morgan fingerprint density at radius 2 is 2.00 bits per heavy atom. The molecule has 0 saturated carbocycles. The molecule has 2 rings (SSSR count). The zero-order chi connectivity index (χ0) is 14.7. The van der Waals surface area contributed by atoms with Gasteiger partial charge in [0.25, 0.3) is 0 Å². The van der Waals surface area contributed by atoms with Crippen molar-refractivity contribution in [3.05, 3.63) is 51.5 Å². The van der Waals surface area contributed by atoms with Crippen molar-refractivity contribution in [2.75, 3.05) is 0 Å². The van der Waals surface area contributed by atoms with Gasteiger partial charge in [-0.3, -0.25) is 0 Å². The number of aldehydes is 1. The Morgan fingerprint density at radius 3 is 2.65 bits per heavy atom. The van der Waals surface area contributed by atoms with E-state index in [0.29, 0.717) is 29.5 Å². The van der Waals surface area contributed by atoms with Crippen LogP contribution >= 0.6 is 23.2 Å². The van der Waals surface area contributed by atoms with E-state index in [0.717, 1.165) is 11.8 Å². The molecule has 0 saturated heterocycles. The topological polar surface area (TPSA) is 30.0 Å². The second kappa shape index (κ2) is 6.33. The standard InChI is InChI=1S/C15H12Cl2FNO/c1-9-4-5-10(13(18)7-9)12-8-14(16)19-15(17)11(12)3-2-6-20/h4-8H,2-3H2,1H3. The summed E-state index contributed by atoms with van der Waals surface area (Å²) >= 11 is 12.0. The summed E-state index contributed by atoms with van der Waals surface area (Å²) in [5, 5.41) is 0.397. The maximum Gasteiger partial charge on any atom is 0.134 e. The molecular weight excluding hydrogens is 300 g/mol. The third kappa shape index (κ3) is 3.17. The first-order valence-corrected chi connectivity index (χ1v) is 6.83. The molecule has 1 heterocycles. The van der Waals surface area contributed by atoms with Gasteiger partial charge in [-0.1, -0.05) is 35.3 Å². The van der Waals surface area contributed by atoms with Crippen molar-refractivity contribution >= 4 is 29.5 Å². The van der Waals surface area contributed by atoms with E-state index in [2.05, 4.69) is 4.98 Å². The molecule has 0 unspecified atom stereocenters. The fraction of sp³-hybridized carbons (Fsp3) is 0.200. The van der Waals surface area contributed by atoms with Gasteiger partial charge in [0.05, 0.1) is 0 Å². The fourth-order valence-electron chi connectivity index (χ4n) is 2.03. The summed E-state index contributed by atoms with van der Waals surface area (Å²) in [4.78, 5) is 14.5. The smallest absolute Gasteiger partial charge is 0.134 e. The van der Waals surface area contributed by atoms with E-state index in [1.54, 1.807) is 12.1 Å². The largest absolute Gasteiger partial charge is 0.303 e. The highest BCUT2D eigenvalue weighted by Gasteiger charge is 2.15. The van der Waals surface area contributed by atoms with Crippen LogP contribution in [0.3, 0.4) is 0 Å². The van der Waals surface area contributed by atoms with E-state index in [1.807, 2.05) is 13.0 Å². The van der Waals surface area contributed by atoms with Crippen molar-refractivity contribution in [2.45, 2.75) is 19.8 Å². The van der Waals surface area contributed by atoms with Crippen LogP contribution in [0, 0.1) is 12.7 Å². The zero-order valence-electron chi connectivity index (χ0n) is 10.8. The van der Waals surface area contributed by atoms with E-state index >= 15 is 0 Å². The number of hydrogen-bond acceptors (Lipinski definition) is 2. The minimum atomic E-state index is -0.351. The Kier molecular flexibility index (Phi) is 4.73. The van der Waals surface area contributed by atoms with Gasteiger partial charge in [-0.25, -0.2) is 9.37 Å². The van der Waals surface area contributed by atoms with Gasteiger partial charge >= 0.3 is 0 Å². The van der Waals surface area contributed by atoms with Gasteiger partial charge in [0.15, 0.2) is 0 Å². The minimum absolute atomic E-state index is 0.194. The molecule has 0 N–H and O–H groups in total. The zero-order valence-corrected chi connectivity index (χ0v) is 12.3. The molecule has 5 heteroatoms. The Hall–Kier alpha value is -1.45. The molecule has 1 aromatic heterocycles. The summed E-state index contributed by atoms with van der Waals surface area (Å²) < 4.78 is 14.1. The molecule has 2 nitrogen and oxygen atoms in total. The van der Waals surface area contributed by atoms with Crippen LogP contribution in [0.1, 0.15) is 17.5 Å². The Bertz CT molecular complexity index is 659. The van der Waals surface area contributed by atoms with Gasteiger partial charge in [-0.2, -0.15) is 0 Å². The van der Waals surface area contributed by atoms with Crippen LogP contribution in [0.2, 0.25) is 10.3 Å². The fourth-order valence-corrected chi connectivity index (χ4v) is 2.56. The Labute approximate surface area is 126 Å². The monoisotopic (exact) mass is 311 g/mol. The molecule has 0 atom stereocenters. The van der Waals surface area contributed by atoms with Crippen molar-refractivity contribution in [1.29, 1.82) is 0 Å². The number of rotatable bonds is 4. The maximum absolute atomic E-state index is 14.1. The van der Waals surface area contributed by atoms with Crippen molar-refractivity contribution in [3.8, 4) is 11.1 Å². The van der Waals surface area contributed by atoms with E-state index in [9.17, 15) is 9.18 Å². The average molecular weight is 312 g/mol. The van der Waals surface area contributed by atoms with E-state index in [1.165, 1.54) is 6.07 Å². The lowest BCUT2D eigenvalue weighted by atomic mass is 9.97. The molecule has 0 fully saturated rings. The number of nitrogens with zero attached hydrogens (tertiary/aromatic N) is 1. The molecular formula is C15H12Cl2FNO. The first-order valence-electron chi connectivity index (χ1n) is 6.08. The Morgan fingerprint density at radius 1 is 1.25 bits per heavy atom. The van der Waals surface area contributed by atoms with Crippen molar-refractivity contribution in [1.82, 2.24) is 4.98 Å². The molecule has 104 valence electrons. The first-order chi connectivity index (χ1) is 9.52. The van der Waals surface area contributed by atoms with Gasteiger partial charge in [-0.15, -0.1) is 0 Å². The summed E-state index contributed by atoms with van der Waals surface area (Å²) in [6.07, 6.45) is 1.48. The van der Waals surface area contributed by atoms with Gasteiger partial charge in [0, 0.05) is 12.0 Å². The van der Waals surface area contributed by atoms with Crippen LogP contribution in [-0.4, -0.2) is 11.3 Å². The molecule has 1 aromatic carbocycles. The van der Waals surface area contributed by atoms with Crippen molar-refractivity contribution in [3.63, 3.8) is 0 Å². The predicted molar refractivity (Wildman–Crippen MR) is 78.8 cm³/mol. The SMILES string of the molecule is Cc1ccc(-c2cc(Cl)nc(Cl)c2CCC=O)c(F)c1. The highest BCUT2D eigenvalue weighted by atomic mass is 35.5. The van der Waals surface area contributed by atoms with E-state index in [4.69, 9.17) is 23.2 Å². The summed E-state index contributed by atoms with van der Waals surface area (Å²) in [5.74, 6) is -0.351. The number of hydrogen-bond donors (Lipinski definition) is 0. The van der Waals surface area contributed by atoms with E-state index < -0.39 is 0 Å². The number of pyridine rings is 1. The lowest BCUT2D eigenvalue weighted by Crippen LogP contribution is -1.97. The lowest BCUT2D eigenvalue weighted by Gasteiger charge is -2.12. The molecule has 0 spiro atoms. The Balaban J connectivity index is 2.61. The van der Waals surface area contributed by atoms with Crippen LogP contribution in [0.5, 0.6) is 0 Å². The average Bonchev–Trinajstić information content (AvgIpc) is 2.37. The summed E-state index contributed by atoms with van der Waals surface area (Å²) in [6.45, 7) is 1.81. The second-order valence-corrected chi connectivity index (χ2v) is 5.20. The number of carbonyl (C=O) groups excluding carboxylic acids is 1. The normalized spacial score (nSPS) is 10.6. The maximum atomic E-state index is 14.1. The molecule has 20 heavy (non-hydrogen) atoms. The molecule has 0 aliphatic rings. The quantitative estimate of drug-likeness (QED) is 0.608. The van der Waals surface area contributed by atoms with Crippen LogP contribution < -0.4 is 0 Å². The number of aryl methyl sites for hydroxylation is 1. The summed E-state index contributed by atoms with van der Waals surface area (Å²) in [6, 6.07) is 6.50. The van der Waals surface area contributed by atoms with Crippen molar-refractivity contribution in [2.24, 2.45) is 0 Å². The number of benzene rings is 1. The highest BCUT2D eigenvalue weighted by molar-refractivity contribution is 6.33. The molecule has 0 aliphatic carbocycles.